The molecule has 0 unspecified atom stereocenters. The first kappa shape index (κ1) is 12.3. The Morgan fingerprint density at radius 2 is 2.15 bits per heavy atom. The van der Waals surface area contributed by atoms with E-state index in [9.17, 15) is 9.59 Å². The molecule has 0 saturated carbocycles. The van der Waals surface area contributed by atoms with E-state index in [-0.39, 0.29) is 23.7 Å². The average molecular weight is 269 g/mol. The third kappa shape index (κ3) is 2.01. The van der Waals surface area contributed by atoms with E-state index in [1.807, 2.05) is 18.2 Å². The number of Topliss-reactive ketones (excluding diaryl/α,β-unsaturated/α-hetero) is 1. The van der Waals surface area contributed by atoms with Crippen molar-refractivity contribution < 1.29 is 14.3 Å². The first-order valence-electron chi connectivity index (χ1n) is 6.03. The summed E-state index contributed by atoms with van der Waals surface area (Å²) in [6.07, 6.45) is 4.42. The third-order valence-corrected chi connectivity index (χ3v) is 2.96. The second-order valence-corrected chi connectivity index (χ2v) is 4.28. The maximum atomic E-state index is 11.8. The molecule has 0 fully saturated rings. The van der Waals surface area contributed by atoms with E-state index in [1.54, 1.807) is 10.7 Å². The molecule has 0 radical (unpaired) electrons. The van der Waals surface area contributed by atoms with Crippen LogP contribution in [0.3, 0.4) is 0 Å². The molecule has 0 atom stereocenters. The summed E-state index contributed by atoms with van der Waals surface area (Å²) in [6, 6.07) is 5.51. The number of carbonyl (C=O) groups is 2. The Morgan fingerprint density at radius 1 is 1.30 bits per heavy atom. The second-order valence-electron chi connectivity index (χ2n) is 4.28. The highest BCUT2D eigenvalue weighted by molar-refractivity contribution is 6.50. The van der Waals surface area contributed by atoms with Crippen molar-refractivity contribution in [3.05, 3.63) is 36.5 Å². The number of hydrogen-bond donors (Lipinski definition) is 0. The number of fused-ring (bicyclic) bond motifs is 1. The van der Waals surface area contributed by atoms with Gasteiger partial charge in [-0.15, -0.1) is 5.10 Å². The van der Waals surface area contributed by atoms with E-state index >= 15 is 0 Å². The van der Waals surface area contributed by atoms with E-state index in [0.717, 1.165) is 5.52 Å². The normalized spacial score (nSPS) is 17.1. The first-order valence-corrected chi connectivity index (χ1v) is 6.03. The zero-order chi connectivity index (χ0) is 14.1. The summed E-state index contributed by atoms with van der Waals surface area (Å²) in [7, 11) is 1.49. The van der Waals surface area contributed by atoms with Crippen molar-refractivity contribution in [1.82, 2.24) is 9.61 Å². The van der Waals surface area contributed by atoms with Crippen molar-refractivity contribution >= 4 is 28.5 Å². The lowest BCUT2D eigenvalue weighted by Crippen LogP contribution is -2.19. The smallest absolute Gasteiger partial charge is 0.259 e. The number of hydrogen-bond acceptors (Lipinski definition) is 5. The van der Waals surface area contributed by atoms with Gasteiger partial charge in [0.1, 0.15) is 5.71 Å². The van der Waals surface area contributed by atoms with Gasteiger partial charge in [0, 0.05) is 6.20 Å². The highest BCUT2D eigenvalue weighted by Gasteiger charge is 2.20. The topological polar surface area (TPSA) is 73.0 Å². The van der Waals surface area contributed by atoms with E-state index in [2.05, 4.69) is 10.1 Å². The minimum absolute atomic E-state index is 0.142. The number of methoxy groups -OCH3 is 1. The molecule has 1 aliphatic carbocycles. The molecule has 2 aromatic rings. The van der Waals surface area contributed by atoms with Crippen molar-refractivity contribution in [3.63, 3.8) is 0 Å². The van der Waals surface area contributed by atoms with Gasteiger partial charge in [0.2, 0.25) is 0 Å². The van der Waals surface area contributed by atoms with Crippen molar-refractivity contribution in [3.8, 4) is 5.88 Å². The number of ketones is 2. The van der Waals surface area contributed by atoms with Crippen LogP contribution >= 0.6 is 0 Å². The molecule has 0 bridgehead atoms. The summed E-state index contributed by atoms with van der Waals surface area (Å²) in [5, 5.41) is 4.22. The summed E-state index contributed by atoms with van der Waals surface area (Å²) < 4.78 is 6.81. The molecular weight excluding hydrogens is 258 g/mol. The predicted molar refractivity (Wildman–Crippen MR) is 72.6 cm³/mol. The van der Waals surface area contributed by atoms with E-state index in [1.165, 1.54) is 19.3 Å². The Kier molecular flexibility index (Phi) is 2.90. The fraction of sp³-hybridized carbons (Fsp3) is 0.143. The van der Waals surface area contributed by atoms with E-state index in [4.69, 9.17) is 4.74 Å². The lowest BCUT2D eigenvalue weighted by atomic mass is 10.0. The van der Waals surface area contributed by atoms with Gasteiger partial charge in [0.05, 0.1) is 19.0 Å². The van der Waals surface area contributed by atoms with Crippen LogP contribution in [-0.4, -0.2) is 34.0 Å². The number of nitrogens with zero attached hydrogens (tertiary/aromatic N) is 3. The molecule has 0 amide bonds. The van der Waals surface area contributed by atoms with Crippen LogP contribution in [0, 0.1) is 0 Å². The van der Waals surface area contributed by atoms with Crippen LogP contribution in [0.5, 0.6) is 5.88 Å². The van der Waals surface area contributed by atoms with Gasteiger partial charge in [-0.2, -0.15) is 0 Å². The monoisotopic (exact) mass is 269 g/mol. The maximum Gasteiger partial charge on any atom is 0.259 e. The number of rotatable bonds is 2. The van der Waals surface area contributed by atoms with Gasteiger partial charge in [0.15, 0.2) is 17.3 Å². The third-order valence-electron chi connectivity index (χ3n) is 2.96. The zero-order valence-corrected chi connectivity index (χ0v) is 10.7. The average Bonchev–Trinajstić information content (AvgIpc) is 2.80. The Balaban J connectivity index is 2.17. The predicted octanol–water partition coefficient (Wildman–Crippen LogP) is 1.51. The number of carbonyl (C=O) groups excluding carboxylic acids is 2. The lowest BCUT2D eigenvalue weighted by Gasteiger charge is -2.04. The van der Waals surface area contributed by atoms with Crippen molar-refractivity contribution in [2.24, 2.45) is 4.99 Å². The van der Waals surface area contributed by atoms with Crippen LogP contribution < -0.4 is 4.74 Å². The number of aliphatic imine (C=N–C) groups is 1. The molecule has 0 spiro atoms. The van der Waals surface area contributed by atoms with Gasteiger partial charge in [-0.3, -0.25) is 9.59 Å². The van der Waals surface area contributed by atoms with Gasteiger partial charge >= 0.3 is 0 Å². The Morgan fingerprint density at radius 3 is 2.90 bits per heavy atom. The maximum absolute atomic E-state index is 11.8. The number of ether oxygens (including phenoxy) is 1. The number of allylic oxidation sites excluding steroid dienone is 2. The van der Waals surface area contributed by atoms with Gasteiger partial charge in [-0.05, 0) is 24.3 Å². The quantitative estimate of drug-likeness (QED) is 0.775. The minimum atomic E-state index is -0.296. The molecule has 20 heavy (non-hydrogen) atoms. The van der Waals surface area contributed by atoms with Gasteiger partial charge in [0.25, 0.3) is 5.88 Å². The minimum Gasteiger partial charge on any atom is -0.478 e. The molecule has 2 heterocycles. The molecule has 6 nitrogen and oxygen atoms in total. The SMILES string of the molecule is COc1nn2ccccc2c1N=C1C=CC(=O)CC1=O. The highest BCUT2D eigenvalue weighted by atomic mass is 16.5. The van der Waals surface area contributed by atoms with Gasteiger partial charge in [-0.1, -0.05) is 6.07 Å². The van der Waals surface area contributed by atoms with Crippen molar-refractivity contribution in [1.29, 1.82) is 0 Å². The molecule has 0 aromatic carbocycles. The first-order chi connectivity index (χ1) is 9.69. The molecule has 0 N–H and O–H groups in total. The standard InChI is InChI=1S/C14H11N3O3/c1-20-14-13(11-4-2-3-7-17(11)16-14)15-10-6-5-9(18)8-12(10)19/h2-7H,8H2,1H3. The van der Waals surface area contributed by atoms with Gasteiger partial charge in [-0.25, -0.2) is 9.51 Å². The highest BCUT2D eigenvalue weighted by Crippen LogP contribution is 2.31. The fourth-order valence-electron chi connectivity index (χ4n) is 2.00. The summed E-state index contributed by atoms with van der Waals surface area (Å²) in [6.45, 7) is 0. The van der Waals surface area contributed by atoms with Crippen LogP contribution in [0.15, 0.2) is 41.5 Å². The lowest BCUT2D eigenvalue weighted by molar-refractivity contribution is -0.121. The molecule has 6 heteroatoms. The molecule has 1 aliphatic rings. The van der Waals surface area contributed by atoms with Crippen LogP contribution in [0.25, 0.3) is 5.52 Å². The molecule has 0 aliphatic heterocycles. The summed E-state index contributed by atoms with van der Waals surface area (Å²) in [5.74, 6) is -0.169. The second kappa shape index (κ2) is 4.73. The number of aromatic nitrogens is 2. The summed E-state index contributed by atoms with van der Waals surface area (Å²) in [5.41, 5.74) is 1.45. The van der Waals surface area contributed by atoms with Crippen LogP contribution in [0.4, 0.5) is 5.69 Å². The molecular formula is C14H11N3O3. The molecule has 2 aromatic heterocycles. The fourth-order valence-corrected chi connectivity index (χ4v) is 2.00. The van der Waals surface area contributed by atoms with Crippen molar-refractivity contribution in [2.45, 2.75) is 6.42 Å². The largest absolute Gasteiger partial charge is 0.478 e. The molecule has 0 saturated heterocycles. The summed E-state index contributed by atoms with van der Waals surface area (Å²) in [4.78, 5) is 27.3. The molecule has 3 rings (SSSR count). The van der Waals surface area contributed by atoms with Gasteiger partial charge < -0.3 is 4.74 Å². The van der Waals surface area contributed by atoms with Crippen LogP contribution in [0.1, 0.15) is 6.42 Å². The number of pyridine rings is 1. The Bertz CT molecular complexity index is 771. The Hall–Kier alpha value is -2.76. The Labute approximate surface area is 114 Å². The van der Waals surface area contributed by atoms with Crippen LogP contribution in [-0.2, 0) is 9.59 Å². The summed E-state index contributed by atoms with van der Waals surface area (Å²) >= 11 is 0. The molecule has 100 valence electrons. The van der Waals surface area contributed by atoms with Crippen molar-refractivity contribution in [2.75, 3.05) is 7.11 Å². The van der Waals surface area contributed by atoms with Crippen LogP contribution in [0.2, 0.25) is 0 Å². The van der Waals surface area contributed by atoms with E-state index < -0.39 is 0 Å². The zero-order valence-electron chi connectivity index (χ0n) is 10.7. The van der Waals surface area contributed by atoms with E-state index in [0.29, 0.717) is 11.6 Å².